The minimum absolute atomic E-state index is 0.231. The van der Waals surface area contributed by atoms with Gasteiger partial charge in [0.25, 0.3) is 0 Å². The second-order valence-electron chi connectivity index (χ2n) is 12.4. The minimum atomic E-state index is -5.19. The molecule has 0 spiro atoms. The van der Waals surface area contributed by atoms with Crippen molar-refractivity contribution in [1.82, 2.24) is 19.7 Å². The van der Waals surface area contributed by atoms with Crippen LogP contribution in [0.25, 0.3) is 20.7 Å². The second kappa shape index (κ2) is 14.5. The summed E-state index contributed by atoms with van der Waals surface area (Å²) in [5.41, 5.74) is 5.27. The molecule has 2 aliphatic rings. The van der Waals surface area contributed by atoms with Crippen molar-refractivity contribution >= 4 is 50.6 Å². The average molecular weight is 731 g/mol. The van der Waals surface area contributed by atoms with Crippen molar-refractivity contribution in [2.24, 2.45) is 0 Å². The molecule has 264 valence electrons. The number of ether oxygens (including phenoxy) is 1. The first-order valence-corrected chi connectivity index (χ1v) is 17.5. The summed E-state index contributed by atoms with van der Waals surface area (Å²) in [6.07, 6.45) is 2.88. The van der Waals surface area contributed by atoms with Gasteiger partial charge in [-0.05, 0) is 68.1 Å². The van der Waals surface area contributed by atoms with Crippen LogP contribution in [0.4, 0.5) is 29.1 Å². The van der Waals surface area contributed by atoms with Gasteiger partial charge in [-0.15, -0.1) is 11.3 Å². The molecule has 4 heterocycles. The van der Waals surface area contributed by atoms with E-state index in [2.05, 4.69) is 40.0 Å². The predicted octanol–water partition coefficient (Wildman–Crippen LogP) is 7.26. The molecule has 1 aliphatic heterocycles. The fourth-order valence-electron chi connectivity index (χ4n) is 6.62. The second-order valence-corrected chi connectivity index (χ2v) is 13.8. The van der Waals surface area contributed by atoms with E-state index in [0.29, 0.717) is 16.8 Å². The summed E-state index contributed by atoms with van der Waals surface area (Å²) >= 11 is 8.31. The molecule has 50 heavy (non-hydrogen) atoms. The molecule has 5 aromatic rings. The van der Waals surface area contributed by atoms with Crippen molar-refractivity contribution in [2.45, 2.75) is 58.4 Å². The molecule has 0 unspecified atom stereocenters. The van der Waals surface area contributed by atoms with Crippen molar-refractivity contribution in [3.8, 4) is 16.2 Å². The Morgan fingerprint density at radius 1 is 1.12 bits per heavy atom. The van der Waals surface area contributed by atoms with E-state index in [1.807, 2.05) is 24.3 Å². The number of thiophene rings is 1. The standard InChI is InChI=1S/C33H35ClFN6OS.C2HF3O2/c1-3-41(4-2)14-12-24(13-15-41)40-18-26-28(39-40)10-9-25-30-32(36-20-37-33(30)43-31(25)26)38-23-8-11-29(27(34)17-23)42-19-21-6-5-7-22(35)16-21;3-2(4,5)1(6)7/h5-8,11,16-18,20,24H,3-4,9-10,12-15,19H2,1-2H3,(H,36,37,38);(H,6,7)/q+1;/p-1. The van der Waals surface area contributed by atoms with Gasteiger partial charge in [0.1, 0.15) is 41.1 Å². The molecule has 15 heteroatoms. The number of anilines is 2. The first kappa shape index (κ1) is 35.6. The fraction of sp³-hybridized carbons (Fsp3) is 0.371. The summed E-state index contributed by atoms with van der Waals surface area (Å²) < 4.78 is 54.4. The first-order chi connectivity index (χ1) is 23.9. The molecule has 1 fully saturated rings. The van der Waals surface area contributed by atoms with Gasteiger partial charge in [-0.3, -0.25) is 4.68 Å². The molecule has 1 saturated heterocycles. The van der Waals surface area contributed by atoms with E-state index in [9.17, 15) is 17.6 Å². The highest BCUT2D eigenvalue weighted by Crippen LogP contribution is 2.46. The molecule has 9 nitrogen and oxygen atoms in total. The van der Waals surface area contributed by atoms with Crippen molar-refractivity contribution < 1.29 is 36.7 Å². The first-order valence-electron chi connectivity index (χ1n) is 16.3. The molecule has 1 N–H and O–H groups in total. The Morgan fingerprint density at radius 3 is 2.52 bits per heavy atom. The third-order valence-electron chi connectivity index (χ3n) is 9.55. The number of alkyl halides is 3. The zero-order valence-corrected chi connectivity index (χ0v) is 29.0. The number of fused-ring (bicyclic) bond motifs is 5. The van der Waals surface area contributed by atoms with Gasteiger partial charge in [-0.1, -0.05) is 23.7 Å². The van der Waals surface area contributed by atoms with E-state index in [1.54, 1.807) is 23.7 Å². The minimum Gasteiger partial charge on any atom is -0.542 e. The van der Waals surface area contributed by atoms with Crippen LogP contribution in [0, 0.1) is 5.82 Å². The number of benzene rings is 2. The number of carboxylic acid groups (broad SMARTS) is 1. The monoisotopic (exact) mass is 730 g/mol. The van der Waals surface area contributed by atoms with Crippen molar-refractivity contribution in [3.63, 3.8) is 0 Å². The zero-order chi connectivity index (χ0) is 35.6. The number of aryl methyl sites for hydroxylation is 2. The number of carbonyl (C=O) groups excluding carboxylic acids is 1. The maximum absolute atomic E-state index is 13.5. The number of quaternary nitrogens is 1. The van der Waals surface area contributed by atoms with Crippen molar-refractivity contribution in [2.75, 3.05) is 31.5 Å². The van der Waals surface area contributed by atoms with Gasteiger partial charge in [-0.25, -0.2) is 14.4 Å². The highest BCUT2D eigenvalue weighted by molar-refractivity contribution is 7.22. The zero-order valence-electron chi connectivity index (χ0n) is 27.4. The van der Waals surface area contributed by atoms with Gasteiger partial charge in [0.2, 0.25) is 0 Å². The van der Waals surface area contributed by atoms with E-state index < -0.39 is 12.1 Å². The van der Waals surface area contributed by atoms with E-state index >= 15 is 0 Å². The van der Waals surface area contributed by atoms with Crippen LogP contribution >= 0.6 is 22.9 Å². The summed E-state index contributed by atoms with van der Waals surface area (Å²) in [7, 11) is 0. The van der Waals surface area contributed by atoms with Crippen molar-refractivity contribution in [1.29, 1.82) is 0 Å². The van der Waals surface area contributed by atoms with Crippen LogP contribution in [0.15, 0.2) is 55.0 Å². The predicted molar refractivity (Wildman–Crippen MR) is 182 cm³/mol. The van der Waals surface area contributed by atoms with Crippen molar-refractivity contribution in [3.05, 3.63) is 82.6 Å². The molecule has 0 bridgehead atoms. The smallest absolute Gasteiger partial charge is 0.430 e. The Kier molecular flexibility index (Phi) is 10.3. The molecular weight excluding hydrogens is 696 g/mol. The number of aromatic nitrogens is 4. The van der Waals surface area contributed by atoms with Gasteiger partial charge < -0.3 is 24.4 Å². The van der Waals surface area contributed by atoms with Crippen LogP contribution in [-0.2, 0) is 24.2 Å². The lowest BCUT2D eigenvalue weighted by Gasteiger charge is -2.42. The van der Waals surface area contributed by atoms with E-state index in [1.165, 1.54) is 77.3 Å². The Morgan fingerprint density at radius 2 is 1.86 bits per heavy atom. The van der Waals surface area contributed by atoms with Crippen LogP contribution in [0.1, 0.15) is 49.6 Å². The molecule has 0 atom stereocenters. The number of halogens is 5. The number of aliphatic carboxylic acids is 1. The molecule has 7 rings (SSSR count). The van der Waals surface area contributed by atoms with Crippen LogP contribution in [0.5, 0.6) is 5.75 Å². The summed E-state index contributed by atoms with van der Waals surface area (Å²) in [6, 6.07) is 12.4. The molecular formula is C35H35ClF4N6O3S. The fourth-order valence-corrected chi connectivity index (χ4v) is 8.08. The number of nitrogens with one attached hydrogen (secondary N) is 1. The van der Waals surface area contributed by atoms with Gasteiger partial charge in [-0.2, -0.15) is 18.3 Å². The quantitative estimate of drug-likeness (QED) is 0.132. The van der Waals surface area contributed by atoms with Crippen LogP contribution in [0.2, 0.25) is 5.02 Å². The third-order valence-corrected chi connectivity index (χ3v) is 11.0. The van der Waals surface area contributed by atoms with Gasteiger partial charge in [0.05, 0.1) is 48.3 Å². The maximum Gasteiger partial charge on any atom is 0.430 e. The van der Waals surface area contributed by atoms with Gasteiger partial charge in [0.15, 0.2) is 0 Å². The Hall–Kier alpha value is -4.27. The van der Waals surface area contributed by atoms with Gasteiger partial charge in [0, 0.05) is 35.2 Å². The van der Waals surface area contributed by atoms with Crippen LogP contribution < -0.4 is 15.2 Å². The van der Waals surface area contributed by atoms with Crippen LogP contribution in [0.3, 0.4) is 0 Å². The lowest BCUT2D eigenvalue weighted by Crippen LogP contribution is -2.52. The van der Waals surface area contributed by atoms with Gasteiger partial charge >= 0.3 is 6.18 Å². The Bertz CT molecular complexity index is 2000. The number of carbonyl (C=O) groups is 1. The number of rotatable bonds is 8. The Labute approximate surface area is 295 Å². The third kappa shape index (κ3) is 7.57. The van der Waals surface area contributed by atoms with E-state index in [-0.39, 0.29) is 12.4 Å². The summed E-state index contributed by atoms with van der Waals surface area (Å²) in [6.45, 7) is 9.75. The van der Waals surface area contributed by atoms with Crippen LogP contribution in [-0.4, -0.2) is 62.6 Å². The maximum atomic E-state index is 13.5. The molecule has 1 aliphatic carbocycles. The molecule has 3 aromatic heterocycles. The number of nitrogens with zero attached hydrogens (tertiary/aromatic N) is 5. The topological polar surface area (TPSA) is 105 Å². The molecule has 0 amide bonds. The summed E-state index contributed by atoms with van der Waals surface area (Å²) in [4.78, 5) is 20.3. The Balaban J connectivity index is 0.000000561. The lowest BCUT2D eigenvalue weighted by atomic mass is 9.95. The largest absolute Gasteiger partial charge is 0.542 e. The van der Waals surface area contributed by atoms with E-state index in [0.717, 1.165) is 40.1 Å². The molecule has 2 aromatic carbocycles. The SMILES string of the molecule is CC[N+]1(CC)CCC(n2cc3c(n2)CCc2c-3sc3ncnc(Nc4ccc(OCc5cccc(F)c5)c(Cl)c4)c23)CC1.O=C([O-])C(F)(F)F. The summed E-state index contributed by atoms with van der Waals surface area (Å²) in [5.74, 6) is -1.99. The number of piperidine rings is 1. The molecule has 0 saturated carbocycles. The number of carboxylic acids is 1. The number of likely N-dealkylation sites (tertiary alicyclic amines) is 1. The average Bonchev–Trinajstić information content (AvgIpc) is 3.70. The lowest BCUT2D eigenvalue weighted by molar-refractivity contribution is -0.930. The number of hydrogen-bond donors (Lipinski definition) is 1. The highest BCUT2D eigenvalue weighted by atomic mass is 35.5. The normalized spacial score (nSPS) is 15.5. The molecule has 0 radical (unpaired) electrons. The summed E-state index contributed by atoms with van der Waals surface area (Å²) in [5, 5.41) is 18.9. The van der Waals surface area contributed by atoms with E-state index in [4.69, 9.17) is 31.3 Å². The number of hydrogen-bond acceptors (Lipinski definition) is 8. The highest BCUT2D eigenvalue weighted by Gasteiger charge is 2.34.